The molecule has 14 nitrogen and oxygen atoms in total. The summed E-state index contributed by atoms with van der Waals surface area (Å²) in [5, 5.41) is 32.0. The highest BCUT2D eigenvalue weighted by molar-refractivity contribution is 7.48. The molecule has 1 aliphatic rings. The lowest BCUT2D eigenvalue weighted by molar-refractivity contribution is -0.00656. The molecule has 1 fully saturated rings. The van der Waals surface area contributed by atoms with Crippen molar-refractivity contribution in [3.05, 3.63) is 21.7 Å². The fraction of sp³-hybridized carbons (Fsp3) is 0.769. The van der Waals surface area contributed by atoms with Gasteiger partial charge in [-0.2, -0.15) is 0 Å². The topological polar surface area (TPSA) is 170 Å². The van der Waals surface area contributed by atoms with Crippen LogP contribution < -0.4 is 10.2 Å². The Hall–Kier alpha value is -1.68. The van der Waals surface area contributed by atoms with Gasteiger partial charge in [0.1, 0.15) is 17.5 Å². The molecule has 0 spiro atoms. The maximum Gasteiger partial charge on any atom is 0.477 e. The van der Waals surface area contributed by atoms with Crippen LogP contribution in [0.4, 0.5) is 5.13 Å². The zero-order chi connectivity index (χ0) is 32.4. The van der Waals surface area contributed by atoms with Crippen LogP contribution in [0.3, 0.4) is 0 Å². The molecule has 0 aliphatic carbocycles. The van der Waals surface area contributed by atoms with Gasteiger partial charge < -0.3 is 25.2 Å². The molecular formula is C26H44ClN6O8PS. The molecule has 3 N–H and O–H groups in total. The summed E-state index contributed by atoms with van der Waals surface area (Å²) in [5.41, 5.74) is -2.70. The number of hydrogen-bond acceptors (Lipinski definition) is 13. The molecule has 1 aliphatic heterocycles. The first kappa shape index (κ1) is 35.8. The quantitative estimate of drug-likeness (QED) is 0.280. The first-order chi connectivity index (χ1) is 19.8. The molecule has 0 radical (unpaired) electrons. The largest absolute Gasteiger partial charge is 0.477 e. The molecule has 2 aromatic rings. The first-order valence-corrected chi connectivity index (χ1v) is 16.6. The zero-order valence-corrected chi connectivity index (χ0v) is 28.7. The molecule has 1 saturated heterocycles. The Labute approximate surface area is 261 Å². The number of phosphoric acid groups is 1. The van der Waals surface area contributed by atoms with Gasteiger partial charge in [-0.05, 0) is 61.3 Å². The van der Waals surface area contributed by atoms with E-state index in [9.17, 15) is 19.6 Å². The van der Waals surface area contributed by atoms with Gasteiger partial charge in [0.05, 0.1) is 35.6 Å². The number of piperidine rings is 1. The van der Waals surface area contributed by atoms with Gasteiger partial charge in [-0.1, -0.05) is 29.9 Å². The Morgan fingerprint density at radius 1 is 1.16 bits per heavy atom. The fourth-order valence-electron chi connectivity index (χ4n) is 4.23. The number of aromatic nitrogens is 4. The van der Waals surface area contributed by atoms with E-state index in [0.717, 1.165) is 0 Å². The smallest absolute Gasteiger partial charge is 0.393 e. The number of nitrogens with zero attached hydrogens (tertiary/aromatic N) is 5. The van der Waals surface area contributed by atoms with Crippen LogP contribution in [-0.2, 0) is 41.6 Å². The number of aliphatic hydroxyl groups is 2. The number of amides is 1. The van der Waals surface area contributed by atoms with Gasteiger partial charge in [0.25, 0.3) is 5.91 Å². The first-order valence-electron chi connectivity index (χ1n) is 14.0. The second kappa shape index (κ2) is 13.8. The third-order valence-electron chi connectivity index (χ3n) is 6.26. The molecule has 3 heterocycles. The van der Waals surface area contributed by atoms with E-state index < -0.39 is 50.0 Å². The van der Waals surface area contributed by atoms with Crippen molar-refractivity contribution in [3.8, 4) is 0 Å². The summed E-state index contributed by atoms with van der Waals surface area (Å²) in [6.07, 6.45) is 0.548. The Bertz CT molecular complexity index is 1290. The number of hydrogen-bond donors (Lipinski definition) is 3. The highest BCUT2D eigenvalue weighted by atomic mass is 35.5. The van der Waals surface area contributed by atoms with Gasteiger partial charge in [-0.25, -0.2) is 9.55 Å². The van der Waals surface area contributed by atoms with E-state index in [1.807, 2.05) is 11.8 Å². The molecule has 3 rings (SSSR count). The van der Waals surface area contributed by atoms with Crippen molar-refractivity contribution in [2.75, 3.05) is 31.7 Å². The molecule has 0 saturated carbocycles. The monoisotopic (exact) mass is 666 g/mol. The second-order valence-corrected chi connectivity index (χ2v) is 15.3. The number of nitrogens with one attached hydrogen (secondary N) is 1. The van der Waals surface area contributed by atoms with E-state index in [-0.39, 0.29) is 17.0 Å². The van der Waals surface area contributed by atoms with Crippen LogP contribution in [0.2, 0.25) is 5.15 Å². The fourth-order valence-corrected chi connectivity index (χ4v) is 7.19. The summed E-state index contributed by atoms with van der Waals surface area (Å²) in [5.74, 6) is -0.525. The van der Waals surface area contributed by atoms with Gasteiger partial charge in [-0.15, -0.1) is 10.2 Å². The van der Waals surface area contributed by atoms with Crippen molar-refractivity contribution in [1.29, 1.82) is 0 Å². The van der Waals surface area contributed by atoms with Crippen LogP contribution in [0, 0.1) is 0 Å². The Morgan fingerprint density at radius 2 is 1.79 bits per heavy atom. The Kier molecular flexibility index (Phi) is 11.5. The van der Waals surface area contributed by atoms with Crippen molar-refractivity contribution < 1.29 is 37.9 Å². The van der Waals surface area contributed by atoms with Crippen LogP contribution in [0.1, 0.15) is 83.1 Å². The number of anilines is 1. The summed E-state index contributed by atoms with van der Waals surface area (Å²) in [7, 11) is -2.54. The van der Waals surface area contributed by atoms with Gasteiger partial charge >= 0.3 is 7.82 Å². The van der Waals surface area contributed by atoms with E-state index >= 15 is 0 Å². The predicted molar refractivity (Wildman–Crippen MR) is 162 cm³/mol. The minimum Gasteiger partial charge on any atom is -0.393 e. The standard InChI is InChI=1S/C26H44ClN6O8PS/c1-10-16-19(27)33(15-39-42(37,40-24(2,3)4)41-25(5,6)7)20(28-16)21(35)29-17-11-12-32(13-18(17)38-9)23-31-30-22(43-23)26(8,36)14-34/h17-18,34,36H,10-15H2,1-9H3,(H,29,35)/t17-,18+,26-/m1/s1. The summed E-state index contributed by atoms with van der Waals surface area (Å²) >= 11 is 7.78. The third-order valence-corrected chi connectivity index (χ3v) is 9.89. The zero-order valence-electron chi connectivity index (χ0n) is 26.2. The van der Waals surface area contributed by atoms with Gasteiger partial charge in [-0.3, -0.25) is 22.9 Å². The number of halogens is 1. The lowest BCUT2D eigenvalue weighted by Gasteiger charge is -2.37. The molecule has 1 amide bonds. The van der Waals surface area contributed by atoms with Crippen molar-refractivity contribution in [3.63, 3.8) is 0 Å². The van der Waals surface area contributed by atoms with Gasteiger partial charge in [0, 0.05) is 20.2 Å². The number of ether oxygens (including phenoxy) is 1. The minimum absolute atomic E-state index is 0.0165. The number of methoxy groups -OCH3 is 1. The molecule has 0 aromatic carbocycles. The molecular weight excluding hydrogens is 623 g/mol. The number of rotatable bonds is 12. The van der Waals surface area contributed by atoms with Gasteiger partial charge in [0.2, 0.25) is 11.0 Å². The summed E-state index contributed by atoms with van der Waals surface area (Å²) in [4.78, 5) is 20.0. The maximum atomic E-state index is 13.6. The van der Waals surface area contributed by atoms with E-state index in [4.69, 9.17) is 29.9 Å². The van der Waals surface area contributed by atoms with Crippen LogP contribution in [0.5, 0.6) is 0 Å². The third kappa shape index (κ3) is 9.41. The van der Waals surface area contributed by atoms with Crippen molar-refractivity contribution in [2.45, 2.75) is 104 Å². The predicted octanol–water partition coefficient (Wildman–Crippen LogP) is 3.89. The average Bonchev–Trinajstić information content (AvgIpc) is 3.51. The maximum absolute atomic E-state index is 13.6. The molecule has 43 heavy (non-hydrogen) atoms. The lowest BCUT2D eigenvalue weighted by atomic mass is 10.0. The number of phosphoric ester groups is 1. The molecule has 244 valence electrons. The number of aryl methyl sites for hydroxylation is 1. The lowest BCUT2D eigenvalue weighted by Crippen LogP contribution is -2.55. The highest BCUT2D eigenvalue weighted by Gasteiger charge is 2.39. The molecule has 0 unspecified atom stereocenters. The van der Waals surface area contributed by atoms with Crippen LogP contribution >= 0.6 is 30.8 Å². The number of carbonyl (C=O) groups is 1. The Morgan fingerprint density at radius 3 is 2.33 bits per heavy atom. The molecule has 3 atom stereocenters. The van der Waals surface area contributed by atoms with Crippen LogP contribution in [-0.4, -0.2) is 86.0 Å². The number of carbonyl (C=O) groups excluding carboxylic acids is 1. The van der Waals surface area contributed by atoms with Crippen LogP contribution in [0.25, 0.3) is 0 Å². The van der Waals surface area contributed by atoms with E-state index in [1.54, 1.807) is 48.7 Å². The van der Waals surface area contributed by atoms with E-state index in [1.165, 1.54) is 22.8 Å². The Balaban J connectivity index is 1.78. The molecule has 0 bridgehead atoms. The summed E-state index contributed by atoms with van der Waals surface area (Å²) in [6, 6.07) is -0.379. The van der Waals surface area contributed by atoms with Crippen molar-refractivity contribution >= 4 is 41.8 Å². The molecule has 17 heteroatoms. The SMILES string of the molecule is CCc1nc(C(=O)N[C@@H]2CCN(c3nnc([C@](C)(O)CO)s3)C[C@@H]2OC)n(COP(=O)(OC(C)(C)C)OC(C)(C)C)c1Cl. The average molecular weight is 667 g/mol. The van der Waals surface area contributed by atoms with Crippen molar-refractivity contribution in [2.24, 2.45) is 0 Å². The number of aliphatic hydroxyl groups excluding tert-OH is 1. The summed E-state index contributed by atoms with van der Waals surface area (Å²) < 4.78 is 37.8. The van der Waals surface area contributed by atoms with E-state index in [2.05, 4.69) is 20.5 Å². The minimum atomic E-state index is -4.10. The molecule has 2 aromatic heterocycles. The highest BCUT2D eigenvalue weighted by Crippen LogP contribution is 2.55. The second-order valence-electron chi connectivity index (χ2n) is 12.5. The van der Waals surface area contributed by atoms with Crippen molar-refractivity contribution in [1.82, 2.24) is 25.1 Å². The van der Waals surface area contributed by atoms with E-state index in [0.29, 0.717) is 41.8 Å². The van der Waals surface area contributed by atoms with Gasteiger partial charge in [0.15, 0.2) is 5.01 Å². The van der Waals surface area contributed by atoms with Crippen LogP contribution in [0.15, 0.2) is 0 Å². The summed E-state index contributed by atoms with van der Waals surface area (Å²) in [6.45, 7) is 13.7. The number of imidazole rings is 1. The normalized spacial score (nSPS) is 19.9.